The predicted octanol–water partition coefficient (Wildman–Crippen LogP) is 3.96. The smallest absolute Gasteiger partial charge is 0.417 e. The third-order valence-electron chi connectivity index (χ3n) is 3.22. The van der Waals surface area contributed by atoms with Gasteiger partial charge in [0.15, 0.2) is 0 Å². The van der Waals surface area contributed by atoms with Crippen molar-refractivity contribution in [3.63, 3.8) is 0 Å². The van der Waals surface area contributed by atoms with E-state index in [9.17, 15) is 22.8 Å². The highest BCUT2D eigenvalue weighted by Crippen LogP contribution is 2.30. The molecule has 0 unspecified atom stereocenters. The number of hydrogen-bond acceptors (Lipinski definition) is 5. The van der Waals surface area contributed by atoms with E-state index in [4.69, 9.17) is 9.47 Å². The summed E-state index contributed by atoms with van der Waals surface area (Å²) in [5.74, 6) is -0.773. The molecule has 0 fully saturated rings. The average molecular weight is 396 g/mol. The molecule has 0 aliphatic heterocycles. The van der Waals surface area contributed by atoms with Crippen LogP contribution in [-0.4, -0.2) is 29.0 Å². The summed E-state index contributed by atoms with van der Waals surface area (Å²) in [5, 5.41) is 2.44. The van der Waals surface area contributed by atoms with Gasteiger partial charge in [-0.1, -0.05) is 0 Å². The van der Waals surface area contributed by atoms with Gasteiger partial charge in [0.05, 0.1) is 5.56 Å². The quantitative estimate of drug-likeness (QED) is 0.774. The summed E-state index contributed by atoms with van der Waals surface area (Å²) in [6.07, 6.45) is -3.80. The van der Waals surface area contributed by atoms with E-state index in [-0.39, 0.29) is 23.7 Å². The summed E-state index contributed by atoms with van der Waals surface area (Å²) < 4.78 is 48.0. The lowest BCUT2D eigenvalue weighted by molar-refractivity contribution is -0.153. The van der Waals surface area contributed by atoms with Crippen LogP contribution in [0.15, 0.2) is 42.6 Å². The summed E-state index contributed by atoms with van der Waals surface area (Å²) in [6, 6.07) is 7.78. The molecule has 1 aromatic carbocycles. The molecule has 1 heterocycles. The molecule has 0 atom stereocenters. The predicted molar refractivity (Wildman–Crippen MR) is 93.9 cm³/mol. The summed E-state index contributed by atoms with van der Waals surface area (Å²) in [6.45, 7) is 4.88. The molecule has 0 saturated carbocycles. The number of nitrogens with one attached hydrogen (secondary N) is 1. The van der Waals surface area contributed by atoms with Gasteiger partial charge in [0, 0.05) is 17.8 Å². The van der Waals surface area contributed by atoms with Crippen LogP contribution >= 0.6 is 0 Å². The lowest BCUT2D eigenvalue weighted by atomic mass is 10.2. The molecule has 0 aliphatic carbocycles. The molecule has 1 N–H and O–H groups in total. The van der Waals surface area contributed by atoms with Gasteiger partial charge in [-0.25, -0.2) is 4.98 Å². The molecule has 2 aromatic rings. The van der Waals surface area contributed by atoms with Crippen LogP contribution in [0.1, 0.15) is 36.7 Å². The van der Waals surface area contributed by atoms with Crippen molar-refractivity contribution in [3.8, 4) is 11.6 Å². The summed E-state index contributed by atoms with van der Waals surface area (Å²) >= 11 is 0. The Balaban J connectivity index is 1.92. The Morgan fingerprint density at radius 1 is 1.04 bits per heavy atom. The summed E-state index contributed by atoms with van der Waals surface area (Å²) in [7, 11) is 0. The van der Waals surface area contributed by atoms with Gasteiger partial charge < -0.3 is 14.8 Å². The fourth-order valence-corrected chi connectivity index (χ4v) is 2.04. The fourth-order valence-electron chi connectivity index (χ4n) is 2.04. The molecular formula is C19H19F3N2O4. The normalized spacial score (nSPS) is 11.6. The Hall–Kier alpha value is -3.10. The minimum atomic E-state index is -4.47. The van der Waals surface area contributed by atoms with Gasteiger partial charge in [0.1, 0.15) is 17.9 Å². The van der Waals surface area contributed by atoms with Crippen molar-refractivity contribution in [3.05, 3.63) is 53.7 Å². The Labute approximate surface area is 159 Å². The first-order valence-electron chi connectivity index (χ1n) is 8.25. The molecule has 6 nitrogen and oxygen atoms in total. The number of amides is 1. The molecule has 0 aliphatic rings. The molecule has 28 heavy (non-hydrogen) atoms. The zero-order valence-electron chi connectivity index (χ0n) is 15.5. The van der Waals surface area contributed by atoms with Crippen LogP contribution in [-0.2, 0) is 15.7 Å². The Morgan fingerprint density at radius 2 is 1.68 bits per heavy atom. The molecule has 1 aromatic heterocycles. The molecule has 0 spiro atoms. The molecule has 0 radical (unpaired) electrons. The van der Waals surface area contributed by atoms with Gasteiger partial charge in [-0.3, -0.25) is 9.59 Å². The summed E-state index contributed by atoms with van der Waals surface area (Å²) in [5.41, 5.74) is -1.25. The van der Waals surface area contributed by atoms with E-state index in [1.807, 2.05) is 0 Å². The average Bonchev–Trinajstić information content (AvgIpc) is 2.58. The van der Waals surface area contributed by atoms with Crippen molar-refractivity contribution in [2.45, 2.75) is 32.5 Å². The standard InChI is InChI=1S/C19H19F3N2O4/c1-18(2,3)28-16(25)11-24-17(26)12-4-7-14(8-5-12)27-15-9-6-13(10-23-15)19(20,21)22/h4-10H,11H2,1-3H3,(H,24,26). The van der Waals surface area contributed by atoms with Crippen molar-refractivity contribution in [1.29, 1.82) is 0 Å². The Bertz CT molecular complexity index is 826. The van der Waals surface area contributed by atoms with Crippen LogP contribution < -0.4 is 10.1 Å². The van der Waals surface area contributed by atoms with Crippen LogP contribution in [0.25, 0.3) is 0 Å². The lowest BCUT2D eigenvalue weighted by Gasteiger charge is -2.19. The largest absolute Gasteiger partial charge is 0.459 e. The first-order chi connectivity index (χ1) is 12.9. The number of esters is 1. The van der Waals surface area contributed by atoms with E-state index < -0.39 is 29.2 Å². The maximum atomic E-state index is 12.5. The zero-order valence-corrected chi connectivity index (χ0v) is 15.5. The van der Waals surface area contributed by atoms with Gasteiger partial charge in [-0.15, -0.1) is 0 Å². The van der Waals surface area contributed by atoms with E-state index in [2.05, 4.69) is 10.3 Å². The first kappa shape index (κ1) is 21.2. The number of carbonyl (C=O) groups is 2. The zero-order chi connectivity index (χ0) is 20.9. The molecule has 9 heteroatoms. The molecule has 2 rings (SSSR count). The highest BCUT2D eigenvalue weighted by atomic mass is 19.4. The molecule has 1 amide bonds. The van der Waals surface area contributed by atoms with Crippen molar-refractivity contribution < 1.29 is 32.2 Å². The van der Waals surface area contributed by atoms with E-state index >= 15 is 0 Å². The van der Waals surface area contributed by atoms with Gasteiger partial charge >= 0.3 is 12.1 Å². The second-order valence-corrected chi connectivity index (χ2v) is 6.78. The topological polar surface area (TPSA) is 77.5 Å². The lowest BCUT2D eigenvalue weighted by Crippen LogP contribution is -2.34. The minimum Gasteiger partial charge on any atom is -0.459 e. The maximum absolute atomic E-state index is 12.5. The van der Waals surface area contributed by atoms with Crippen LogP contribution in [0.4, 0.5) is 13.2 Å². The SMILES string of the molecule is CC(C)(C)OC(=O)CNC(=O)c1ccc(Oc2ccc(C(F)(F)F)cn2)cc1. The van der Waals surface area contributed by atoms with E-state index in [0.29, 0.717) is 6.20 Å². The van der Waals surface area contributed by atoms with Crippen molar-refractivity contribution in [2.75, 3.05) is 6.54 Å². The van der Waals surface area contributed by atoms with Gasteiger partial charge in [-0.05, 0) is 51.1 Å². The third kappa shape index (κ3) is 6.57. The van der Waals surface area contributed by atoms with Crippen LogP contribution in [0.5, 0.6) is 11.6 Å². The fraction of sp³-hybridized carbons (Fsp3) is 0.316. The second-order valence-electron chi connectivity index (χ2n) is 6.78. The highest BCUT2D eigenvalue weighted by molar-refractivity contribution is 5.96. The molecular weight excluding hydrogens is 377 g/mol. The molecule has 150 valence electrons. The van der Waals surface area contributed by atoms with Crippen molar-refractivity contribution in [1.82, 2.24) is 10.3 Å². The van der Waals surface area contributed by atoms with Gasteiger partial charge in [0.25, 0.3) is 5.91 Å². The number of hydrogen-bond donors (Lipinski definition) is 1. The Kier molecular flexibility index (Phi) is 6.27. The van der Waals surface area contributed by atoms with E-state index in [1.165, 1.54) is 24.3 Å². The van der Waals surface area contributed by atoms with Crippen LogP contribution in [0.2, 0.25) is 0 Å². The molecule has 0 saturated heterocycles. The number of ether oxygens (including phenoxy) is 2. The second kappa shape index (κ2) is 8.28. The van der Waals surface area contributed by atoms with Crippen LogP contribution in [0.3, 0.4) is 0 Å². The van der Waals surface area contributed by atoms with Gasteiger partial charge in [0.2, 0.25) is 5.88 Å². The number of benzene rings is 1. The van der Waals surface area contributed by atoms with Crippen LogP contribution in [0, 0.1) is 0 Å². The highest BCUT2D eigenvalue weighted by Gasteiger charge is 2.30. The van der Waals surface area contributed by atoms with Gasteiger partial charge in [-0.2, -0.15) is 13.2 Å². The Morgan fingerprint density at radius 3 is 2.18 bits per heavy atom. The third-order valence-corrected chi connectivity index (χ3v) is 3.22. The number of carbonyl (C=O) groups excluding carboxylic acids is 2. The minimum absolute atomic E-state index is 0.0184. The van der Waals surface area contributed by atoms with E-state index in [0.717, 1.165) is 12.1 Å². The number of nitrogens with zero attached hydrogens (tertiary/aromatic N) is 1. The summed E-state index contributed by atoms with van der Waals surface area (Å²) in [4.78, 5) is 27.2. The number of aromatic nitrogens is 1. The first-order valence-corrected chi connectivity index (χ1v) is 8.25. The monoisotopic (exact) mass is 396 g/mol. The van der Waals surface area contributed by atoms with E-state index in [1.54, 1.807) is 20.8 Å². The number of alkyl halides is 3. The maximum Gasteiger partial charge on any atom is 0.417 e. The van der Waals surface area contributed by atoms with Crippen molar-refractivity contribution >= 4 is 11.9 Å². The number of pyridine rings is 1. The molecule has 0 bridgehead atoms. The number of halogens is 3. The van der Waals surface area contributed by atoms with Crippen molar-refractivity contribution in [2.24, 2.45) is 0 Å². The number of rotatable bonds is 5.